The fourth-order valence-electron chi connectivity index (χ4n) is 1.64. The van der Waals surface area contributed by atoms with Crippen LogP contribution in [0.1, 0.15) is 20.7 Å². The summed E-state index contributed by atoms with van der Waals surface area (Å²) in [6, 6.07) is 6.75. The van der Waals surface area contributed by atoms with Gasteiger partial charge in [-0.3, -0.25) is 4.79 Å². The third kappa shape index (κ3) is 3.43. The fraction of sp³-hybridized carbons (Fsp3) is 0. The summed E-state index contributed by atoms with van der Waals surface area (Å²) in [5, 5.41) is 11.1. The first-order valence-corrected chi connectivity index (χ1v) is 6.47. The van der Waals surface area contributed by atoms with Crippen LogP contribution >= 0.6 is 15.9 Å². The van der Waals surface area contributed by atoms with Gasteiger partial charge in [-0.25, -0.2) is 13.6 Å². The van der Waals surface area contributed by atoms with Crippen LogP contribution in [0.2, 0.25) is 0 Å². The van der Waals surface area contributed by atoms with Gasteiger partial charge in [-0.1, -0.05) is 0 Å². The van der Waals surface area contributed by atoms with E-state index in [1.54, 1.807) is 0 Å². The molecule has 0 aliphatic heterocycles. The number of carbonyl (C=O) groups excluding carboxylic acids is 1. The van der Waals surface area contributed by atoms with Crippen LogP contribution in [0.25, 0.3) is 0 Å². The molecule has 0 aliphatic rings. The Labute approximate surface area is 126 Å². The number of hydrogen-bond acceptors (Lipinski definition) is 2. The summed E-state index contributed by atoms with van der Waals surface area (Å²) >= 11 is 3.11. The van der Waals surface area contributed by atoms with Gasteiger partial charge in [-0.2, -0.15) is 0 Å². The van der Waals surface area contributed by atoms with Crippen LogP contribution in [0.15, 0.2) is 40.9 Å². The van der Waals surface area contributed by atoms with Crippen molar-refractivity contribution in [1.29, 1.82) is 0 Å². The standard InChI is InChI=1S/C14H8BrF2NO3/c15-11-4-1-7(16)5-10(11)13(19)18-8-2-3-9(14(20)21)12(17)6-8/h1-6H,(H,18,19)(H,20,21). The molecule has 0 aromatic heterocycles. The van der Waals surface area contributed by atoms with Crippen LogP contribution in [0, 0.1) is 11.6 Å². The Bertz CT molecular complexity index is 734. The third-order valence-electron chi connectivity index (χ3n) is 2.63. The summed E-state index contributed by atoms with van der Waals surface area (Å²) in [6.07, 6.45) is 0. The number of rotatable bonds is 3. The molecule has 0 radical (unpaired) electrons. The maximum Gasteiger partial charge on any atom is 0.338 e. The molecule has 7 heteroatoms. The van der Waals surface area contributed by atoms with Gasteiger partial charge in [0.15, 0.2) is 0 Å². The Kier molecular flexibility index (Phi) is 4.32. The molecule has 2 N–H and O–H groups in total. The number of benzene rings is 2. The number of anilines is 1. The summed E-state index contributed by atoms with van der Waals surface area (Å²) in [6.45, 7) is 0. The van der Waals surface area contributed by atoms with Gasteiger partial charge in [0.1, 0.15) is 11.6 Å². The minimum Gasteiger partial charge on any atom is -0.478 e. The van der Waals surface area contributed by atoms with E-state index in [4.69, 9.17) is 5.11 Å². The third-order valence-corrected chi connectivity index (χ3v) is 3.32. The average Bonchev–Trinajstić information content (AvgIpc) is 2.41. The molecule has 0 spiro atoms. The predicted molar refractivity (Wildman–Crippen MR) is 75.4 cm³/mol. The number of aromatic carboxylic acids is 1. The zero-order valence-electron chi connectivity index (χ0n) is 10.4. The van der Waals surface area contributed by atoms with Crippen molar-refractivity contribution in [3.63, 3.8) is 0 Å². The van der Waals surface area contributed by atoms with Crippen LogP contribution in [0.5, 0.6) is 0 Å². The molecule has 2 rings (SSSR count). The molecule has 2 aromatic rings. The number of amides is 1. The predicted octanol–water partition coefficient (Wildman–Crippen LogP) is 3.68. The summed E-state index contributed by atoms with van der Waals surface area (Å²) in [5.74, 6) is -3.61. The quantitative estimate of drug-likeness (QED) is 0.882. The first-order valence-electron chi connectivity index (χ1n) is 5.67. The van der Waals surface area contributed by atoms with Crippen molar-refractivity contribution in [2.45, 2.75) is 0 Å². The zero-order valence-corrected chi connectivity index (χ0v) is 11.9. The van der Waals surface area contributed by atoms with Gasteiger partial charge in [0.05, 0.1) is 11.1 Å². The number of carboxylic acids is 1. The minimum atomic E-state index is -1.40. The van der Waals surface area contributed by atoms with E-state index in [-0.39, 0.29) is 11.3 Å². The van der Waals surface area contributed by atoms with E-state index in [1.165, 1.54) is 18.2 Å². The van der Waals surface area contributed by atoms with Crippen molar-refractivity contribution >= 4 is 33.5 Å². The molecule has 0 saturated carbocycles. The fourth-order valence-corrected chi connectivity index (χ4v) is 2.06. The number of carboxylic acid groups (broad SMARTS) is 1. The second kappa shape index (κ2) is 6.01. The van der Waals surface area contributed by atoms with Crippen molar-refractivity contribution < 1.29 is 23.5 Å². The Morgan fingerprint density at radius 1 is 1.05 bits per heavy atom. The molecular weight excluding hydrogens is 348 g/mol. The lowest BCUT2D eigenvalue weighted by Gasteiger charge is -2.08. The molecule has 21 heavy (non-hydrogen) atoms. The maximum absolute atomic E-state index is 13.5. The van der Waals surface area contributed by atoms with Crippen molar-refractivity contribution in [2.75, 3.05) is 5.32 Å². The lowest BCUT2D eigenvalue weighted by atomic mass is 10.1. The van der Waals surface area contributed by atoms with Crippen molar-refractivity contribution in [3.8, 4) is 0 Å². The highest BCUT2D eigenvalue weighted by Gasteiger charge is 2.14. The molecular formula is C14H8BrF2NO3. The summed E-state index contributed by atoms with van der Waals surface area (Å²) in [7, 11) is 0. The summed E-state index contributed by atoms with van der Waals surface area (Å²) in [5.41, 5.74) is -0.392. The zero-order chi connectivity index (χ0) is 15.6. The normalized spacial score (nSPS) is 10.2. The molecule has 0 saturated heterocycles. The Morgan fingerprint density at radius 3 is 2.38 bits per heavy atom. The Hall–Kier alpha value is -2.28. The molecule has 0 aliphatic carbocycles. The van der Waals surface area contributed by atoms with E-state index in [9.17, 15) is 18.4 Å². The first kappa shape index (κ1) is 15.1. The van der Waals surface area contributed by atoms with Crippen LogP contribution in [-0.2, 0) is 0 Å². The van der Waals surface area contributed by atoms with Gasteiger partial charge in [-0.15, -0.1) is 0 Å². The number of halogens is 3. The van der Waals surface area contributed by atoms with E-state index in [1.807, 2.05) is 0 Å². The number of carbonyl (C=O) groups is 2. The van der Waals surface area contributed by atoms with E-state index in [0.717, 1.165) is 18.2 Å². The monoisotopic (exact) mass is 355 g/mol. The molecule has 0 bridgehead atoms. The first-order chi connectivity index (χ1) is 9.88. The van der Waals surface area contributed by atoms with E-state index >= 15 is 0 Å². The highest BCUT2D eigenvalue weighted by Crippen LogP contribution is 2.20. The lowest BCUT2D eigenvalue weighted by Crippen LogP contribution is -2.13. The SMILES string of the molecule is O=C(O)c1ccc(NC(=O)c2cc(F)ccc2Br)cc1F. The topological polar surface area (TPSA) is 66.4 Å². The molecule has 108 valence electrons. The average molecular weight is 356 g/mol. The second-order valence-corrected chi connectivity index (χ2v) is 4.93. The van der Waals surface area contributed by atoms with Crippen LogP contribution in [-0.4, -0.2) is 17.0 Å². The molecule has 0 unspecified atom stereocenters. The van der Waals surface area contributed by atoms with E-state index in [2.05, 4.69) is 21.2 Å². The number of nitrogens with one attached hydrogen (secondary N) is 1. The van der Waals surface area contributed by atoms with Gasteiger partial charge < -0.3 is 10.4 Å². The molecule has 0 atom stereocenters. The Balaban J connectivity index is 2.26. The van der Waals surface area contributed by atoms with E-state index < -0.39 is 29.1 Å². The van der Waals surface area contributed by atoms with Crippen molar-refractivity contribution in [3.05, 3.63) is 63.6 Å². The maximum atomic E-state index is 13.5. The largest absolute Gasteiger partial charge is 0.478 e. The molecule has 4 nitrogen and oxygen atoms in total. The van der Waals surface area contributed by atoms with Gasteiger partial charge in [-0.05, 0) is 52.3 Å². The van der Waals surface area contributed by atoms with Crippen LogP contribution in [0.3, 0.4) is 0 Å². The highest BCUT2D eigenvalue weighted by molar-refractivity contribution is 9.10. The summed E-state index contributed by atoms with van der Waals surface area (Å²) < 4.78 is 27.0. The highest BCUT2D eigenvalue weighted by atomic mass is 79.9. The second-order valence-electron chi connectivity index (χ2n) is 4.08. The lowest BCUT2D eigenvalue weighted by molar-refractivity contribution is 0.0692. The van der Waals surface area contributed by atoms with Gasteiger partial charge >= 0.3 is 5.97 Å². The van der Waals surface area contributed by atoms with Crippen molar-refractivity contribution in [1.82, 2.24) is 0 Å². The molecule has 0 fully saturated rings. The molecule has 2 aromatic carbocycles. The van der Waals surface area contributed by atoms with Crippen molar-refractivity contribution in [2.24, 2.45) is 0 Å². The van der Waals surface area contributed by atoms with Gasteiger partial charge in [0.2, 0.25) is 0 Å². The molecule has 1 amide bonds. The molecule has 0 heterocycles. The Morgan fingerprint density at radius 2 is 1.76 bits per heavy atom. The van der Waals surface area contributed by atoms with Gasteiger partial charge in [0.25, 0.3) is 5.91 Å². The van der Waals surface area contributed by atoms with Crippen LogP contribution in [0.4, 0.5) is 14.5 Å². The van der Waals surface area contributed by atoms with E-state index in [0.29, 0.717) is 4.47 Å². The minimum absolute atomic E-state index is 0.0396. The smallest absolute Gasteiger partial charge is 0.338 e. The summed E-state index contributed by atoms with van der Waals surface area (Å²) in [4.78, 5) is 22.7. The number of hydrogen-bond donors (Lipinski definition) is 2. The van der Waals surface area contributed by atoms with Crippen LogP contribution < -0.4 is 5.32 Å². The van der Waals surface area contributed by atoms with Gasteiger partial charge in [0, 0.05) is 10.2 Å².